The number of rotatable bonds is 2. The van der Waals surface area contributed by atoms with Gasteiger partial charge in [0, 0.05) is 0 Å². The molecule has 0 saturated carbocycles. The number of aryl methyl sites for hydroxylation is 1. The summed E-state index contributed by atoms with van der Waals surface area (Å²) in [4.78, 5) is 23.3. The largest absolute Gasteiger partial charge is 0.506 e. The number of aromatic hydroxyl groups is 1. The first-order valence-electron chi connectivity index (χ1n) is 6.35. The van der Waals surface area contributed by atoms with Crippen LogP contribution in [-0.4, -0.2) is 16.9 Å². The Balaban J connectivity index is 2.12. The molecule has 0 atom stereocenters. The molecule has 0 aliphatic rings. The minimum absolute atomic E-state index is 0.0264. The lowest BCUT2D eigenvalue weighted by Crippen LogP contribution is -2.29. The summed E-state index contributed by atoms with van der Waals surface area (Å²) in [6.07, 6.45) is 0. The lowest BCUT2D eigenvalue weighted by atomic mass is 10.2. The summed E-state index contributed by atoms with van der Waals surface area (Å²) in [6.45, 7) is 1.71. The second-order valence-corrected chi connectivity index (χ2v) is 4.65. The van der Waals surface area contributed by atoms with Gasteiger partial charge in [0.25, 0.3) is 0 Å². The maximum atomic E-state index is 13.4. The molecule has 0 aliphatic carbocycles. The third-order valence-corrected chi connectivity index (χ3v) is 2.89. The summed E-state index contributed by atoms with van der Waals surface area (Å²) in [7, 11) is 0. The SMILES string of the molecule is Cc1ccc(NC(=O)C(=O)Nc2ccc(F)c(F)c2F)c(O)c1. The Bertz CT molecular complexity index is 794. The van der Waals surface area contributed by atoms with Gasteiger partial charge >= 0.3 is 11.8 Å². The zero-order chi connectivity index (χ0) is 17.1. The van der Waals surface area contributed by atoms with Crippen LogP contribution in [0.25, 0.3) is 0 Å². The molecule has 2 aromatic rings. The molecule has 0 bridgehead atoms. The monoisotopic (exact) mass is 324 g/mol. The minimum atomic E-state index is -1.76. The van der Waals surface area contributed by atoms with E-state index in [1.54, 1.807) is 13.0 Å². The fraction of sp³-hybridized carbons (Fsp3) is 0.0667. The van der Waals surface area contributed by atoms with E-state index in [9.17, 15) is 27.9 Å². The Morgan fingerprint density at radius 2 is 1.48 bits per heavy atom. The van der Waals surface area contributed by atoms with E-state index in [0.717, 1.165) is 11.6 Å². The normalized spacial score (nSPS) is 10.3. The number of anilines is 2. The van der Waals surface area contributed by atoms with Gasteiger partial charge in [0.15, 0.2) is 17.5 Å². The third-order valence-electron chi connectivity index (χ3n) is 2.89. The fourth-order valence-electron chi connectivity index (χ4n) is 1.73. The molecule has 120 valence electrons. The van der Waals surface area contributed by atoms with Crippen molar-refractivity contribution in [1.82, 2.24) is 0 Å². The third kappa shape index (κ3) is 3.60. The van der Waals surface area contributed by atoms with Crippen molar-refractivity contribution in [2.45, 2.75) is 6.92 Å². The summed E-state index contributed by atoms with van der Waals surface area (Å²) in [6, 6.07) is 5.71. The number of halogens is 3. The van der Waals surface area contributed by atoms with Gasteiger partial charge in [0.05, 0.1) is 11.4 Å². The lowest BCUT2D eigenvalue weighted by Gasteiger charge is -2.09. The van der Waals surface area contributed by atoms with Crippen LogP contribution in [0.1, 0.15) is 5.56 Å². The molecule has 2 aromatic carbocycles. The smallest absolute Gasteiger partial charge is 0.314 e. The summed E-state index contributed by atoms with van der Waals surface area (Å²) >= 11 is 0. The van der Waals surface area contributed by atoms with Crippen LogP contribution in [0.15, 0.2) is 30.3 Å². The number of carbonyl (C=O) groups excluding carboxylic acids is 2. The van der Waals surface area contributed by atoms with Crippen LogP contribution in [0.5, 0.6) is 5.75 Å². The molecule has 3 N–H and O–H groups in total. The predicted octanol–water partition coefficient (Wildman–Crippen LogP) is 2.70. The fourth-order valence-corrected chi connectivity index (χ4v) is 1.73. The van der Waals surface area contributed by atoms with Gasteiger partial charge in [-0.3, -0.25) is 9.59 Å². The predicted molar refractivity (Wildman–Crippen MR) is 76.4 cm³/mol. The second kappa shape index (κ2) is 6.39. The quantitative estimate of drug-likeness (QED) is 0.451. The average molecular weight is 324 g/mol. The van der Waals surface area contributed by atoms with Gasteiger partial charge in [0.1, 0.15) is 5.75 Å². The summed E-state index contributed by atoms with van der Waals surface area (Å²) in [5.41, 5.74) is 0.0208. The number of hydrogen-bond donors (Lipinski definition) is 3. The summed E-state index contributed by atoms with van der Waals surface area (Å²) in [5.74, 6) is -7.59. The Labute approximate surface area is 128 Å². The highest BCUT2D eigenvalue weighted by molar-refractivity contribution is 6.43. The molecule has 0 fully saturated rings. The van der Waals surface area contributed by atoms with Crippen molar-refractivity contribution in [3.8, 4) is 5.75 Å². The first-order valence-corrected chi connectivity index (χ1v) is 6.35. The molecule has 5 nitrogen and oxygen atoms in total. The van der Waals surface area contributed by atoms with Crippen LogP contribution in [0, 0.1) is 24.4 Å². The van der Waals surface area contributed by atoms with E-state index >= 15 is 0 Å². The van der Waals surface area contributed by atoms with E-state index in [2.05, 4.69) is 5.32 Å². The van der Waals surface area contributed by atoms with Crippen LogP contribution in [0.3, 0.4) is 0 Å². The molecule has 0 spiro atoms. The van der Waals surface area contributed by atoms with Crippen molar-refractivity contribution < 1.29 is 27.9 Å². The number of benzene rings is 2. The Morgan fingerprint density at radius 1 is 0.913 bits per heavy atom. The summed E-state index contributed by atoms with van der Waals surface area (Å²) in [5, 5.41) is 13.6. The molecule has 0 unspecified atom stereocenters. The highest BCUT2D eigenvalue weighted by atomic mass is 19.2. The maximum Gasteiger partial charge on any atom is 0.314 e. The van der Waals surface area contributed by atoms with Crippen molar-refractivity contribution in [2.24, 2.45) is 0 Å². The molecule has 2 amide bonds. The van der Waals surface area contributed by atoms with Crippen molar-refractivity contribution in [1.29, 1.82) is 0 Å². The van der Waals surface area contributed by atoms with Crippen molar-refractivity contribution in [2.75, 3.05) is 10.6 Å². The standard InChI is InChI=1S/C15H11F3N2O3/c1-7-2-4-9(11(21)6-7)19-14(22)15(23)20-10-5-3-8(16)12(17)13(10)18/h2-6,21H,1H3,(H,19,22)(H,20,23). The number of phenolic OH excluding ortho intramolecular Hbond substituents is 1. The Hall–Kier alpha value is -3.03. The van der Waals surface area contributed by atoms with Crippen LogP contribution in [0.4, 0.5) is 24.5 Å². The molecule has 2 rings (SSSR count). The van der Waals surface area contributed by atoms with E-state index in [1.165, 1.54) is 12.1 Å². The van der Waals surface area contributed by atoms with Crippen LogP contribution < -0.4 is 10.6 Å². The van der Waals surface area contributed by atoms with Crippen LogP contribution in [0.2, 0.25) is 0 Å². The number of phenols is 1. The van der Waals surface area contributed by atoms with Crippen molar-refractivity contribution in [3.63, 3.8) is 0 Å². The minimum Gasteiger partial charge on any atom is -0.506 e. The molecule has 0 aromatic heterocycles. The molecule has 0 aliphatic heterocycles. The highest BCUT2D eigenvalue weighted by Crippen LogP contribution is 2.24. The van der Waals surface area contributed by atoms with Crippen LogP contribution >= 0.6 is 0 Å². The first kappa shape index (κ1) is 16.3. The lowest BCUT2D eigenvalue weighted by molar-refractivity contribution is -0.133. The zero-order valence-corrected chi connectivity index (χ0v) is 11.8. The van der Waals surface area contributed by atoms with E-state index in [1.807, 2.05) is 5.32 Å². The Morgan fingerprint density at radius 3 is 2.09 bits per heavy atom. The molecule has 8 heteroatoms. The van der Waals surface area contributed by atoms with Gasteiger partial charge in [-0.05, 0) is 36.8 Å². The van der Waals surface area contributed by atoms with E-state index in [4.69, 9.17) is 0 Å². The molecule has 0 saturated heterocycles. The maximum absolute atomic E-state index is 13.4. The number of hydrogen-bond acceptors (Lipinski definition) is 3. The highest BCUT2D eigenvalue weighted by Gasteiger charge is 2.20. The molecule has 0 radical (unpaired) electrons. The average Bonchev–Trinajstić information content (AvgIpc) is 2.50. The number of nitrogens with one attached hydrogen (secondary N) is 2. The van der Waals surface area contributed by atoms with Gasteiger partial charge in [-0.25, -0.2) is 13.2 Å². The number of carbonyl (C=O) groups is 2. The van der Waals surface area contributed by atoms with E-state index in [-0.39, 0.29) is 11.4 Å². The molecular formula is C15H11F3N2O3. The zero-order valence-electron chi connectivity index (χ0n) is 11.8. The van der Waals surface area contributed by atoms with Gasteiger partial charge in [-0.1, -0.05) is 6.07 Å². The van der Waals surface area contributed by atoms with Gasteiger partial charge in [0.2, 0.25) is 0 Å². The first-order chi connectivity index (χ1) is 10.8. The topological polar surface area (TPSA) is 78.4 Å². The second-order valence-electron chi connectivity index (χ2n) is 4.65. The van der Waals surface area contributed by atoms with Crippen molar-refractivity contribution in [3.05, 3.63) is 53.3 Å². The van der Waals surface area contributed by atoms with E-state index < -0.39 is 35.0 Å². The number of amides is 2. The molecule has 23 heavy (non-hydrogen) atoms. The van der Waals surface area contributed by atoms with Crippen molar-refractivity contribution >= 4 is 23.2 Å². The van der Waals surface area contributed by atoms with E-state index in [0.29, 0.717) is 6.07 Å². The van der Waals surface area contributed by atoms with Gasteiger partial charge < -0.3 is 15.7 Å². The Kier molecular flexibility index (Phi) is 4.54. The molecule has 0 heterocycles. The van der Waals surface area contributed by atoms with Crippen LogP contribution in [-0.2, 0) is 9.59 Å². The molecular weight excluding hydrogens is 313 g/mol. The van der Waals surface area contributed by atoms with Gasteiger partial charge in [-0.2, -0.15) is 0 Å². The summed E-state index contributed by atoms with van der Waals surface area (Å²) < 4.78 is 39.3. The van der Waals surface area contributed by atoms with Gasteiger partial charge in [-0.15, -0.1) is 0 Å².